The number of aromatic nitrogens is 2. The van der Waals surface area contributed by atoms with Gasteiger partial charge in [0.15, 0.2) is 11.4 Å². The number of hydrogen-bond donors (Lipinski definition) is 0. The molecule has 0 saturated carbocycles. The van der Waals surface area contributed by atoms with E-state index in [0.717, 1.165) is 5.69 Å². The second-order valence-electron chi connectivity index (χ2n) is 2.03. The molecular formula is C7H5N2OS. The van der Waals surface area contributed by atoms with Crippen LogP contribution in [-0.2, 0) is 6.42 Å². The van der Waals surface area contributed by atoms with Gasteiger partial charge in [0.1, 0.15) is 6.26 Å². The van der Waals surface area contributed by atoms with E-state index in [4.69, 9.17) is 4.42 Å². The maximum atomic E-state index is 5.05. The molecule has 3 nitrogen and oxygen atoms in total. The lowest BCUT2D eigenvalue weighted by atomic mass is 10.3. The smallest absolute Gasteiger partial charge is 0.199 e. The van der Waals surface area contributed by atoms with Crippen LogP contribution in [0.1, 0.15) is 11.6 Å². The Labute approximate surface area is 67.7 Å². The lowest BCUT2D eigenvalue weighted by Gasteiger charge is -1.87. The van der Waals surface area contributed by atoms with Crippen LogP contribution in [-0.4, -0.2) is 9.97 Å². The predicted molar refractivity (Wildman–Crippen MR) is 40.3 cm³/mol. The van der Waals surface area contributed by atoms with Crippen molar-refractivity contribution in [2.45, 2.75) is 6.42 Å². The zero-order chi connectivity index (χ0) is 7.52. The van der Waals surface area contributed by atoms with Crippen molar-refractivity contribution >= 4 is 11.3 Å². The summed E-state index contributed by atoms with van der Waals surface area (Å²) < 4.78 is 5.05. The topological polar surface area (TPSA) is 38.9 Å². The summed E-state index contributed by atoms with van der Waals surface area (Å²) in [5.41, 5.74) is 3.72. The van der Waals surface area contributed by atoms with Gasteiger partial charge in [-0.05, 0) is 0 Å². The van der Waals surface area contributed by atoms with Crippen LogP contribution in [0, 0.1) is 5.51 Å². The predicted octanol–water partition coefficient (Wildman–Crippen LogP) is 1.52. The summed E-state index contributed by atoms with van der Waals surface area (Å²) in [5.74, 6) is 0.698. The third-order valence-electron chi connectivity index (χ3n) is 1.25. The van der Waals surface area contributed by atoms with E-state index in [9.17, 15) is 0 Å². The van der Waals surface area contributed by atoms with E-state index in [1.54, 1.807) is 12.5 Å². The second-order valence-corrected chi connectivity index (χ2v) is 2.69. The molecule has 0 aliphatic carbocycles. The molecule has 0 unspecified atom stereocenters. The van der Waals surface area contributed by atoms with Gasteiger partial charge in [0.05, 0.1) is 18.3 Å². The molecule has 0 aromatic carbocycles. The Morgan fingerprint density at radius 1 is 1.64 bits per heavy atom. The summed E-state index contributed by atoms with van der Waals surface area (Å²) in [4.78, 5) is 7.96. The van der Waals surface area contributed by atoms with Crippen LogP contribution in [0.5, 0.6) is 0 Å². The molecule has 0 saturated heterocycles. The summed E-state index contributed by atoms with van der Waals surface area (Å²) in [6.07, 6.45) is 3.85. The van der Waals surface area contributed by atoms with Gasteiger partial charge in [0, 0.05) is 5.38 Å². The fourth-order valence-corrected chi connectivity index (χ4v) is 1.28. The van der Waals surface area contributed by atoms with Gasteiger partial charge in [-0.25, -0.2) is 9.97 Å². The van der Waals surface area contributed by atoms with Crippen LogP contribution >= 0.6 is 11.3 Å². The summed E-state index contributed by atoms with van der Waals surface area (Å²) >= 11 is 1.46. The molecule has 4 heteroatoms. The number of nitrogens with zero attached hydrogens (tertiary/aromatic N) is 2. The van der Waals surface area contributed by atoms with Gasteiger partial charge in [0.2, 0.25) is 0 Å². The highest BCUT2D eigenvalue weighted by Gasteiger charge is 2.00. The molecule has 0 aliphatic rings. The minimum atomic E-state index is 0.660. The maximum absolute atomic E-state index is 5.05. The molecule has 0 N–H and O–H groups in total. The molecule has 11 heavy (non-hydrogen) atoms. The van der Waals surface area contributed by atoms with E-state index in [0.29, 0.717) is 12.3 Å². The SMILES string of the molecule is [c]1nc(Cc2ncco2)cs1. The van der Waals surface area contributed by atoms with Crippen molar-refractivity contribution in [2.75, 3.05) is 0 Å². The Morgan fingerprint density at radius 3 is 3.27 bits per heavy atom. The first-order valence-electron chi connectivity index (χ1n) is 3.14. The zero-order valence-electron chi connectivity index (χ0n) is 5.65. The second kappa shape index (κ2) is 2.84. The molecule has 0 bridgehead atoms. The van der Waals surface area contributed by atoms with Gasteiger partial charge in [-0.3, -0.25) is 0 Å². The van der Waals surface area contributed by atoms with Gasteiger partial charge < -0.3 is 4.42 Å². The van der Waals surface area contributed by atoms with E-state index in [1.165, 1.54) is 11.3 Å². The van der Waals surface area contributed by atoms with Crippen molar-refractivity contribution in [3.63, 3.8) is 0 Å². The Morgan fingerprint density at radius 2 is 2.64 bits per heavy atom. The molecule has 2 aromatic rings. The largest absolute Gasteiger partial charge is 0.449 e. The van der Waals surface area contributed by atoms with Crippen LogP contribution < -0.4 is 0 Å². The van der Waals surface area contributed by atoms with Crippen molar-refractivity contribution in [1.29, 1.82) is 0 Å². The van der Waals surface area contributed by atoms with E-state index < -0.39 is 0 Å². The minimum absolute atomic E-state index is 0.660. The molecule has 0 fully saturated rings. The van der Waals surface area contributed by atoms with Crippen LogP contribution in [0.25, 0.3) is 0 Å². The first kappa shape index (κ1) is 6.54. The quantitative estimate of drug-likeness (QED) is 0.677. The lowest BCUT2D eigenvalue weighted by molar-refractivity contribution is 0.505. The number of hydrogen-bond acceptors (Lipinski definition) is 4. The van der Waals surface area contributed by atoms with Gasteiger partial charge in [-0.1, -0.05) is 0 Å². The Balaban J connectivity index is 2.14. The highest BCUT2D eigenvalue weighted by molar-refractivity contribution is 7.07. The average molecular weight is 165 g/mol. The van der Waals surface area contributed by atoms with Crippen molar-refractivity contribution in [1.82, 2.24) is 9.97 Å². The van der Waals surface area contributed by atoms with Gasteiger partial charge in [-0.15, -0.1) is 11.3 Å². The molecule has 2 aromatic heterocycles. The Kier molecular flexibility index (Phi) is 1.69. The fourth-order valence-electron chi connectivity index (χ4n) is 0.782. The van der Waals surface area contributed by atoms with Crippen LogP contribution in [0.2, 0.25) is 0 Å². The maximum Gasteiger partial charge on any atom is 0.199 e. The van der Waals surface area contributed by atoms with Crippen molar-refractivity contribution < 1.29 is 4.42 Å². The monoisotopic (exact) mass is 165 g/mol. The van der Waals surface area contributed by atoms with Crippen molar-refractivity contribution in [2.24, 2.45) is 0 Å². The highest BCUT2D eigenvalue weighted by atomic mass is 32.1. The van der Waals surface area contributed by atoms with Gasteiger partial charge >= 0.3 is 0 Å². The summed E-state index contributed by atoms with van der Waals surface area (Å²) in [7, 11) is 0. The third kappa shape index (κ3) is 1.46. The lowest BCUT2D eigenvalue weighted by Crippen LogP contribution is -1.86. The first-order chi connectivity index (χ1) is 5.45. The number of rotatable bonds is 2. The van der Waals surface area contributed by atoms with E-state index in [-0.39, 0.29) is 0 Å². The Bertz CT molecular complexity index is 269. The van der Waals surface area contributed by atoms with Crippen LogP contribution in [0.3, 0.4) is 0 Å². The zero-order valence-corrected chi connectivity index (χ0v) is 6.47. The fraction of sp³-hybridized carbons (Fsp3) is 0.143. The van der Waals surface area contributed by atoms with E-state index >= 15 is 0 Å². The average Bonchev–Trinajstić information content (AvgIpc) is 2.60. The Hall–Kier alpha value is -1.16. The van der Waals surface area contributed by atoms with Crippen LogP contribution in [0.4, 0.5) is 0 Å². The summed E-state index contributed by atoms with van der Waals surface area (Å²) in [6.45, 7) is 0. The van der Waals surface area contributed by atoms with Gasteiger partial charge in [-0.2, -0.15) is 0 Å². The van der Waals surface area contributed by atoms with Crippen molar-refractivity contribution in [3.05, 3.63) is 34.9 Å². The van der Waals surface area contributed by atoms with E-state index in [2.05, 4.69) is 15.5 Å². The number of oxazole rings is 1. The van der Waals surface area contributed by atoms with Gasteiger partial charge in [0.25, 0.3) is 0 Å². The number of thiazole rings is 1. The normalized spacial score (nSPS) is 10.2. The van der Waals surface area contributed by atoms with E-state index in [1.807, 2.05) is 5.38 Å². The standard InChI is InChI=1S/C7H5N2OS/c1-2-10-7(8-1)3-6-4-11-5-9-6/h1-2,4H,3H2. The molecule has 0 atom stereocenters. The molecular weight excluding hydrogens is 160 g/mol. The molecule has 55 valence electrons. The summed E-state index contributed by atoms with van der Waals surface area (Å²) in [6, 6.07) is 0. The summed E-state index contributed by atoms with van der Waals surface area (Å²) in [5, 5.41) is 1.93. The highest BCUT2D eigenvalue weighted by Crippen LogP contribution is 2.06. The molecule has 2 rings (SSSR count). The molecule has 0 spiro atoms. The molecule has 0 amide bonds. The van der Waals surface area contributed by atoms with Crippen LogP contribution in [0.15, 0.2) is 22.3 Å². The molecule has 0 aliphatic heterocycles. The van der Waals surface area contributed by atoms with Crippen molar-refractivity contribution in [3.8, 4) is 0 Å². The molecule has 2 heterocycles. The minimum Gasteiger partial charge on any atom is -0.449 e. The molecule has 1 radical (unpaired) electrons. The first-order valence-corrected chi connectivity index (χ1v) is 4.02. The third-order valence-corrected chi connectivity index (χ3v) is 1.84.